The average molecular weight is 368 g/mol. The summed E-state index contributed by atoms with van der Waals surface area (Å²) in [4.78, 5) is 39.2. The highest BCUT2D eigenvalue weighted by Crippen LogP contribution is 2.13. The Bertz CT molecular complexity index is 1050. The second-order valence-electron chi connectivity index (χ2n) is 5.88. The molecular weight excluding hydrogens is 348 g/mol. The summed E-state index contributed by atoms with van der Waals surface area (Å²) in [7, 11) is 0. The quantitative estimate of drug-likeness (QED) is 0.511. The fourth-order valence-electron chi connectivity index (χ4n) is 2.73. The SMILES string of the molecule is CCOc1ccc(C(=O)OCCCn2c(=O)[nH]c3ccccc3c2=O)cc1. The van der Waals surface area contributed by atoms with Gasteiger partial charge in [0, 0.05) is 6.54 Å². The Kier molecular flexibility index (Phi) is 5.71. The molecule has 0 spiro atoms. The van der Waals surface area contributed by atoms with E-state index in [2.05, 4.69) is 4.98 Å². The number of aromatic amines is 1. The Hall–Kier alpha value is -3.35. The number of fused-ring (bicyclic) bond motifs is 1. The van der Waals surface area contributed by atoms with E-state index in [0.29, 0.717) is 35.2 Å². The summed E-state index contributed by atoms with van der Waals surface area (Å²) in [6, 6.07) is 13.5. The average Bonchev–Trinajstić information content (AvgIpc) is 2.68. The lowest BCUT2D eigenvalue weighted by atomic mass is 10.2. The lowest BCUT2D eigenvalue weighted by Crippen LogP contribution is -2.35. The number of H-pyrrole nitrogens is 1. The number of carbonyl (C=O) groups excluding carboxylic acids is 1. The molecule has 0 unspecified atom stereocenters. The lowest BCUT2D eigenvalue weighted by molar-refractivity contribution is 0.0495. The first kappa shape index (κ1) is 18.4. The molecule has 3 rings (SSSR count). The summed E-state index contributed by atoms with van der Waals surface area (Å²) in [5, 5.41) is 0.448. The van der Waals surface area contributed by atoms with Crippen LogP contribution in [0.2, 0.25) is 0 Å². The van der Waals surface area contributed by atoms with Gasteiger partial charge in [0.1, 0.15) is 5.75 Å². The summed E-state index contributed by atoms with van der Waals surface area (Å²) in [6.07, 6.45) is 0.351. The summed E-state index contributed by atoms with van der Waals surface area (Å²) < 4.78 is 11.7. The van der Waals surface area contributed by atoms with Crippen molar-refractivity contribution in [3.8, 4) is 5.75 Å². The first-order valence-corrected chi connectivity index (χ1v) is 8.72. The highest BCUT2D eigenvalue weighted by atomic mass is 16.5. The summed E-state index contributed by atoms with van der Waals surface area (Å²) in [5.74, 6) is 0.224. The highest BCUT2D eigenvalue weighted by molar-refractivity contribution is 5.89. The summed E-state index contributed by atoms with van der Waals surface area (Å²) in [6.45, 7) is 2.70. The maximum atomic E-state index is 12.4. The van der Waals surface area contributed by atoms with Gasteiger partial charge in [0.15, 0.2) is 0 Å². The van der Waals surface area contributed by atoms with Crippen LogP contribution < -0.4 is 16.0 Å². The Morgan fingerprint density at radius 1 is 1.07 bits per heavy atom. The number of carbonyl (C=O) groups is 1. The topological polar surface area (TPSA) is 90.4 Å². The maximum Gasteiger partial charge on any atom is 0.338 e. The van der Waals surface area contributed by atoms with E-state index in [0.717, 1.165) is 4.57 Å². The van der Waals surface area contributed by atoms with Crippen molar-refractivity contribution in [2.45, 2.75) is 19.9 Å². The molecule has 0 amide bonds. The van der Waals surface area contributed by atoms with E-state index in [1.54, 1.807) is 48.5 Å². The molecule has 1 heterocycles. The Labute approximate surface area is 155 Å². The molecule has 1 N–H and O–H groups in total. The standard InChI is InChI=1S/C20H20N2O5/c1-2-26-15-10-8-14(9-11-15)19(24)27-13-5-12-22-18(23)16-6-3-4-7-17(16)21-20(22)25/h3-4,6-11H,2,5,12-13H2,1H3,(H,21,25). The summed E-state index contributed by atoms with van der Waals surface area (Å²) >= 11 is 0. The van der Waals surface area contributed by atoms with Gasteiger partial charge in [-0.15, -0.1) is 0 Å². The van der Waals surface area contributed by atoms with Crippen molar-refractivity contribution in [2.24, 2.45) is 0 Å². The van der Waals surface area contributed by atoms with Crippen molar-refractivity contribution in [3.05, 3.63) is 74.9 Å². The lowest BCUT2D eigenvalue weighted by Gasteiger charge is -2.08. The van der Waals surface area contributed by atoms with E-state index >= 15 is 0 Å². The van der Waals surface area contributed by atoms with Crippen LogP contribution in [0.4, 0.5) is 0 Å². The molecule has 0 aliphatic carbocycles. The van der Waals surface area contributed by atoms with Crippen molar-refractivity contribution in [2.75, 3.05) is 13.2 Å². The van der Waals surface area contributed by atoms with Gasteiger partial charge < -0.3 is 14.5 Å². The smallest absolute Gasteiger partial charge is 0.338 e. The largest absolute Gasteiger partial charge is 0.494 e. The number of ether oxygens (including phenoxy) is 2. The number of rotatable bonds is 7. The molecule has 0 fully saturated rings. The van der Waals surface area contributed by atoms with Crippen molar-refractivity contribution < 1.29 is 14.3 Å². The second-order valence-corrected chi connectivity index (χ2v) is 5.88. The van der Waals surface area contributed by atoms with E-state index < -0.39 is 11.7 Å². The van der Waals surface area contributed by atoms with Crippen LogP contribution in [0, 0.1) is 0 Å². The second kappa shape index (κ2) is 8.35. The molecule has 0 radical (unpaired) electrons. The predicted molar refractivity (Wildman–Crippen MR) is 101 cm³/mol. The van der Waals surface area contributed by atoms with Crippen LogP contribution in [0.5, 0.6) is 5.75 Å². The third kappa shape index (κ3) is 4.25. The zero-order valence-electron chi connectivity index (χ0n) is 14.9. The molecule has 140 valence electrons. The van der Waals surface area contributed by atoms with Crippen LogP contribution in [0.25, 0.3) is 10.9 Å². The molecule has 0 bridgehead atoms. The van der Waals surface area contributed by atoms with E-state index in [1.807, 2.05) is 6.92 Å². The van der Waals surface area contributed by atoms with Crippen LogP contribution in [0.15, 0.2) is 58.1 Å². The maximum absolute atomic E-state index is 12.4. The van der Waals surface area contributed by atoms with E-state index in [-0.39, 0.29) is 18.7 Å². The molecule has 3 aromatic rings. The fourth-order valence-corrected chi connectivity index (χ4v) is 2.73. The van der Waals surface area contributed by atoms with Crippen molar-refractivity contribution in [1.82, 2.24) is 9.55 Å². The first-order chi connectivity index (χ1) is 13.1. The molecule has 1 aromatic heterocycles. The minimum Gasteiger partial charge on any atom is -0.494 e. The van der Waals surface area contributed by atoms with Gasteiger partial charge in [0.2, 0.25) is 0 Å². The number of hydrogen-bond acceptors (Lipinski definition) is 5. The van der Waals surface area contributed by atoms with Crippen molar-refractivity contribution in [1.29, 1.82) is 0 Å². The van der Waals surface area contributed by atoms with Gasteiger partial charge in [-0.2, -0.15) is 0 Å². The zero-order valence-corrected chi connectivity index (χ0v) is 14.9. The van der Waals surface area contributed by atoms with Gasteiger partial charge in [-0.3, -0.25) is 9.36 Å². The van der Waals surface area contributed by atoms with Crippen LogP contribution >= 0.6 is 0 Å². The number of nitrogens with one attached hydrogen (secondary N) is 1. The Morgan fingerprint density at radius 3 is 2.56 bits per heavy atom. The van der Waals surface area contributed by atoms with Crippen molar-refractivity contribution in [3.63, 3.8) is 0 Å². The first-order valence-electron chi connectivity index (χ1n) is 8.72. The molecule has 0 saturated heterocycles. The predicted octanol–water partition coefficient (Wildman–Crippen LogP) is 2.34. The molecular formula is C20H20N2O5. The van der Waals surface area contributed by atoms with Crippen LogP contribution in [-0.4, -0.2) is 28.7 Å². The van der Waals surface area contributed by atoms with Crippen molar-refractivity contribution >= 4 is 16.9 Å². The minimum atomic E-state index is -0.475. The number of nitrogens with zero attached hydrogens (tertiary/aromatic N) is 1. The van der Waals surface area contributed by atoms with E-state index in [9.17, 15) is 14.4 Å². The van der Waals surface area contributed by atoms with Gasteiger partial charge in [-0.1, -0.05) is 12.1 Å². The third-order valence-electron chi connectivity index (χ3n) is 4.05. The molecule has 0 atom stereocenters. The van der Waals surface area contributed by atoms with Crippen LogP contribution in [-0.2, 0) is 11.3 Å². The molecule has 2 aromatic carbocycles. The highest BCUT2D eigenvalue weighted by Gasteiger charge is 2.09. The number of benzene rings is 2. The molecule has 0 saturated carbocycles. The van der Waals surface area contributed by atoms with Gasteiger partial charge in [-0.05, 0) is 49.7 Å². The van der Waals surface area contributed by atoms with E-state index in [4.69, 9.17) is 9.47 Å². The van der Waals surface area contributed by atoms with Crippen LogP contribution in [0.3, 0.4) is 0 Å². The van der Waals surface area contributed by atoms with Crippen LogP contribution in [0.1, 0.15) is 23.7 Å². The van der Waals surface area contributed by atoms with Gasteiger partial charge in [0.05, 0.1) is 29.7 Å². The van der Waals surface area contributed by atoms with Gasteiger partial charge in [0.25, 0.3) is 5.56 Å². The molecule has 7 nitrogen and oxygen atoms in total. The zero-order chi connectivity index (χ0) is 19.2. The number of aromatic nitrogens is 2. The van der Waals surface area contributed by atoms with Gasteiger partial charge in [-0.25, -0.2) is 9.59 Å². The molecule has 27 heavy (non-hydrogen) atoms. The Morgan fingerprint density at radius 2 is 1.81 bits per heavy atom. The fraction of sp³-hybridized carbons (Fsp3) is 0.250. The summed E-state index contributed by atoms with van der Waals surface area (Å²) in [5.41, 5.74) is 0.0913. The molecule has 7 heteroatoms. The Balaban J connectivity index is 1.59. The normalized spacial score (nSPS) is 10.7. The monoisotopic (exact) mass is 368 g/mol. The molecule has 0 aliphatic rings. The minimum absolute atomic E-state index is 0.102. The third-order valence-corrected chi connectivity index (χ3v) is 4.05. The number of hydrogen-bond donors (Lipinski definition) is 1. The number of para-hydroxylation sites is 1. The van der Waals surface area contributed by atoms with E-state index in [1.165, 1.54) is 0 Å². The molecule has 0 aliphatic heterocycles. The van der Waals surface area contributed by atoms with Gasteiger partial charge >= 0.3 is 11.7 Å². The number of esters is 1.